The predicted molar refractivity (Wildman–Crippen MR) is 123 cm³/mol. The van der Waals surface area contributed by atoms with Crippen molar-refractivity contribution in [2.24, 2.45) is 4.99 Å². The molecule has 3 aromatic rings. The predicted octanol–water partition coefficient (Wildman–Crippen LogP) is 3.12. The molecule has 168 valence electrons. The van der Waals surface area contributed by atoms with E-state index in [0.29, 0.717) is 29.2 Å². The van der Waals surface area contributed by atoms with Gasteiger partial charge in [-0.2, -0.15) is 0 Å². The smallest absolute Gasteiger partial charge is 0.280 e. The average molecular weight is 439 g/mol. The number of morpholine rings is 1. The van der Waals surface area contributed by atoms with E-state index in [1.54, 1.807) is 19.2 Å². The summed E-state index contributed by atoms with van der Waals surface area (Å²) in [5, 5.41) is 3.19. The fourth-order valence-electron chi connectivity index (χ4n) is 3.77. The number of hydrogen-bond donors (Lipinski definition) is 1. The maximum Gasteiger partial charge on any atom is 0.280 e. The summed E-state index contributed by atoms with van der Waals surface area (Å²) >= 11 is 0. The van der Waals surface area contributed by atoms with Crippen molar-refractivity contribution in [2.45, 2.75) is 6.92 Å². The first-order valence-corrected chi connectivity index (χ1v) is 10.6. The van der Waals surface area contributed by atoms with Gasteiger partial charge in [-0.3, -0.25) is 19.8 Å². The molecular weight excluding hydrogens is 411 g/mol. The minimum absolute atomic E-state index is 0.227. The lowest BCUT2D eigenvalue weighted by Gasteiger charge is -2.25. The van der Waals surface area contributed by atoms with Crippen molar-refractivity contribution in [3.8, 4) is 22.7 Å². The Labute approximate surface area is 186 Å². The third-order valence-corrected chi connectivity index (χ3v) is 5.58. The number of halogens is 1. The van der Waals surface area contributed by atoms with Crippen LogP contribution < -0.4 is 10.3 Å². The Bertz CT molecular complexity index is 1130. The van der Waals surface area contributed by atoms with Gasteiger partial charge in [0.05, 0.1) is 43.8 Å². The van der Waals surface area contributed by atoms with E-state index in [2.05, 4.69) is 10.00 Å². The quantitative estimate of drug-likeness (QED) is 0.576. The molecule has 1 aliphatic heterocycles. The van der Waals surface area contributed by atoms with Gasteiger partial charge in [-0.25, -0.2) is 9.07 Å². The number of aliphatic imine (C=N–C) groups is 1. The Morgan fingerprint density at radius 2 is 1.81 bits per heavy atom. The van der Waals surface area contributed by atoms with Gasteiger partial charge in [0.1, 0.15) is 11.6 Å². The number of hydrogen-bond acceptors (Lipinski definition) is 5. The van der Waals surface area contributed by atoms with Crippen LogP contribution in [0, 0.1) is 5.82 Å². The fourth-order valence-corrected chi connectivity index (χ4v) is 3.77. The van der Waals surface area contributed by atoms with Gasteiger partial charge in [-0.15, -0.1) is 0 Å². The Morgan fingerprint density at radius 1 is 1.12 bits per heavy atom. The number of benzene rings is 2. The standard InChI is InChI=1S/C24H27FN4O3/c1-17(26-11-12-28-13-15-32-16-14-28)22-23(18-3-9-21(31-2)10-4-18)27-29(24(22)30)20-7-5-19(25)6-8-20/h3-10,27H,11-16H2,1-2H3. The van der Waals surface area contributed by atoms with Crippen LogP contribution in [0.25, 0.3) is 16.9 Å². The fraction of sp³-hybridized carbons (Fsp3) is 0.333. The Morgan fingerprint density at radius 3 is 2.47 bits per heavy atom. The van der Waals surface area contributed by atoms with Crippen LogP contribution in [0.4, 0.5) is 4.39 Å². The molecule has 2 aromatic carbocycles. The van der Waals surface area contributed by atoms with Crippen molar-refractivity contribution in [3.05, 3.63) is 70.3 Å². The number of nitrogens with zero attached hydrogens (tertiary/aromatic N) is 3. The number of H-pyrrole nitrogens is 1. The zero-order valence-corrected chi connectivity index (χ0v) is 18.3. The monoisotopic (exact) mass is 438 g/mol. The normalized spacial score (nSPS) is 15.2. The van der Waals surface area contributed by atoms with Crippen molar-refractivity contribution >= 4 is 5.71 Å². The van der Waals surface area contributed by atoms with Gasteiger partial charge in [0.25, 0.3) is 5.56 Å². The number of rotatable bonds is 7. The molecule has 0 atom stereocenters. The molecule has 1 saturated heterocycles. The third-order valence-electron chi connectivity index (χ3n) is 5.58. The van der Waals surface area contributed by atoms with E-state index in [0.717, 1.165) is 44.2 Å². The molecule has 8 heteroatoms. The SMILES string of the molecule is COc1ccc(-c2[nH]n(-c3ccc(F)cc3)c(=O)c2C(C)=NCCN2CCOCC2)cc1. The van der Waals surface area contributed by atoms with Crippen LogP contribution in [0.2, 0.25) is 0 Å². The summed E-state index contributed by atoms with van der Waals surface area (Å²) in [4.78, 5) is 20.4. The van der Waals surface area contributed by atoms with Crippen LogP contribution in [0.1, 0.15) is 12.5 Å². The summed E-state index contributed by atoms with van der Waals surface area (Å²) in [6.07, 6.45) is 0. The number of ether oxygens (including phenoxy) is 2. The first-order valence-electron chi connectivity index (χ1n) is 10.6. The maximum absolute atomic E-state index is 13.4. The van der Waals surface area contributed by atoms with Crippen molar-refractivity contribution < 1.29 is 13.9 Å². The molecule has 0 saturated carbocycles. The largest absolute Gasteiger partial charge is 0.497 e. The van der Waals surface area contributed by atoms with Crippen LogP contribution in [-0.4, -0.2) is 66.9 Å². The lowest BCUT2D eigenvalue weighted by molar-refractivity contribution is 0.0394. The van der Waals surface area contributed by atoms with E-state index in [4.69, 9.17) is 14.5 Å². The van der Waals surface area contributed by atoms with Gasteiger partial charge in [-0.05, 0) is 55.5 Å². The van der Waals surface area contributed by atoms with Crippen LogP contribution in [0.15, 0.2) is 58.3 Å². The highest BCUT2D eigenvalue weighted by Crippen LogP contribution is 2.24. The second-order valence-corrected chi connectivity index (χ2v) is 7.63. The summed E-state index contributed by atoms with van der Waals surface area (Å²) in [5.74, 6) is 0.372. The van der Waals surface area contributed by atoms with Crippen LogP contribution in [-0.2, 0) is 4.74 Å². The molecule has 32 heavy (non-hydrogen) atoms. The van der Waals surface area contributed by atoms with Gasteiger partial charge >= 0.3 is 0 Å². The van der Waals surface area contributed by atoms with Crippen molar-refractivity contribution in [3.63, 3.8) is 0 Å². The van der Waals surface area contributed by atoms with Crippen molar-refractivity contribution in [1.82, 2.24) is 14.7 Å². The minimum Gasteiger partial charge on any atom is -0.497 e. The molecule has 0 unspecified atom stereocenters. The van der Waals surface area contributed by atoms with E-state index >= 15 is 0 Å². The Balaban J connectivity index is 1.70. The molecule has 1 N–H and O–H groups in total. The van der Waals surface area contributed by atoms with Crippen molar-refractivity contribution in [2.75, 3.05) is 46.5 Å². The van der Waals surface area contributed by atoms with Crippen LogP contribution >= 0.6 is 0 Å². The van der Waals surface area contributed by atoms with E-state index in [-0.39, 0.29) is 11.4 Å². The zero-order chi connectivity index (χ0) is 22.5. The minimum atomic E-state index is -0.357. The Kier molecular flexibility index (Phi) is 6.82. The highest BCUT2D eigenvalue weighted by molar-refractivity contribution is 6.03. The number of aromatic amines is 1. The first-order chi connectivity index (χ1) is 15.6. The summed E-state index contributed by atoms with van der Waals surface area (Å²) in [6, 6.07) is 13.3. The summed E-state index contributed by atoms with van der Waals surface area (Å²) in [5.41, 5.74) is 2.98. The molecule has 7 nitrogen and oxygen atoms in total. The molecule has 4 rings (SSSR count). The zero-order valence-electron chi connectivity index (χ0n) is 18.3. The lowest BCUT2D eigenvalue weighted by atomic mass is 10.1. The lowest BCUT2D eigenvalue weighted by Crippen LogP contribution is -2.37. The number of nitrogens with one attached hydrogen (secondary N) is 1. The van der Waals surface area contributed by atoms with Gasteiger partial charge in [0.15, 0.2) is 0 Å². The first kappa shape index (κ1) is 22.0. The summed E-state index contributed by atoms with van der Waals surface area (Å²) < 4.78 is 25.5. The molecule has 0 amide bonds. The van der Waals surface area contributed by atoms with Gasteiger partial charge in [0.2, 0.25) is 0 Å². The Hall–Kier alpha value is -3.23. The van der Waals surface area contributed by atoms with E-state index in [1.165, 1.54) is 16.8 Å². The molecule has 1 aromatic heterocycles. The molecule has 0 bridgehead atoms. The van der Waals surface area contributed by atoms with Crippen LogP contribution in [0.5, 0.6) is 5.75 Å². The number of methoxy groups -OCH3 is 1. The van der Waals surface area contributed by atoms with Gasteiger partial charge < -0.3 is 9.47 Å². The average Bonchev–Trinajstić information content (AvgIpc) is 3.17. The van der Waals surface area contributed by atoms with Gasteiger partial charge in [-0.1, -0.05) is 0 Å². The molecule has 1 fully saturated rings. The molecule has 2 heterocycles. The highest BCUT2D eigenvalue weighted by atomic mass is 19.1. The van der Waals surface area contributed by atoms with E-state index in [9.17, 15) is 9.18 Å². The van der Waals surface area contributed by atoms with E-state index < -0.39 is 0 Å². The summed E-state index contributed by atoms with van der Waals surface area (Å²) in [6.45, 7) is 6.53. The second kappa shape index (κ2) is 9.93. The number of aromatic nitrogens is 2. The summed E-state index contributed by atoms with van der Waals surface area (Å²) in [7, 11) is 1.61. The molecular formula is C24H27FN4O3. The molecule has 0 spiro atoms. The topological polar surface area (TPSA) is 71.8 Å². The van der Waals surface area contributed by atoms with Crippen LogP contribution in [0.3, 0.4) is 0 Å². The maximum atomic E-state index is 13.4. The molecule has 0 aliphatic carbocycles. The van der Waals surface area contributed by atoms with Crippen molar-refractivity contribution in [1.29, 1.82) is 0 Å². The highest BCUT2D eigenvalue weighted by Gasteiger charge is 2.19. The van der Waals surface area contributed by atoms with E-state index in [1.807, 2.05) is 31.2 Å². The van der Waals surface area contributed by atoms with Gasteiger partial charge in [0, 0.05) is 30.9 Å². The molecule has 0 radical (unpaired) electrons. The third kappa shape index (κ3) is 4.81. The second-order valence-electron chi connectivity index (χ2n) is 7.63. The molecule has 1 aliphatic rings.